The zero-order valence-electron chi connectivity index (χ0n) is 18.5. The number of Topliss-reactive ketones (excluding diaryl/α,β-unsaturated/α-hetero) is 1. The molecule has 1 aliphatic rings. The fraction of sp³-hybridized carbons (Fsp3) is 0.259. The molecule has 0 aromatic heterocycles. The first-order valence-corrected chi connectivity index (χ1v) is 11.2. The van der Waals surface area contributed by atoms with Crippen molar-refractivity contribution in [1.29, 1.82) is 0 Å². The highest BCUT2D eigenvalue weighted by molar-refractivity contribution is 5.93. The lowest BCUT2D eigenvalue weighted by atomic mass is 9.82. The van der Waals surface area contributed by atoms with Gasteiger partial charge in [-0.05, 0) is 16.7 Å². The molecule has 3 aromatic carbocycles. The van der Waals surface area contributed by atoms with E-state index in [1.807, 2.05) is 85.8 Å². The zero-order chi connectivity index (χ0) is 23.4. The average Bonchev–Trinajstić information content (AvgIpc) is 2.95. The maximum Gasteiger partial charge on any atom is 0.242 e. The average molecular weight is 444 g/mol. The van der Waals surface area contributed by atoms with Gasteiger partial charge < -0.3 is 16.3 Å². The highest BCUT2D eigenvalue weighted by Crippen LogP contribution is 2.37. The SMILES string of the molecule is C[C@@H]1C(=O)[C@@H](NC(=O)[C@@H](N)c2ccccc2)[C@@H](c2ccccc2)N(O)C[C@H]1c1ccccc1. The number of amides is 1. The van der Waals surface area contributed by atoms with Gasteiger partial charge in [-0.25, -0.2) is 0 Å². The Labute approximate surface area is 194 Å². The summed E-state index contributed by atoms with van der Waals surface area (Å²) in [6.45, 7) is 2.12. The van der Waals surface area contributed by atoms with Crippen LogP contribution in [0.4, 0.5) is 0 Å². The van der Waals surface area contributed by atoms with Crippen molar-refractivity contribution in [2.45, 2.75) is 31.0 Å². The van der Waals surface area contributed by atoms with Crippen molar-refractivity contribution in [2.24, 2.45) is 11.7 Å². The molecule has 0 bridgehead atoms. The Morgan fingerprint density at radius 3 is 2.03 bits per heavy atom. The van der Waals surface area contributed by atoms with E-state index in [1.54, 1.807) is 12.1 Å². The molecule has 4 N–H and O–H groups in total. The predicted octanol–water partition coefficient (Wildman–Crippen LogP) is 3.61. The number of nitrogens with two attached hydrogens (primary N) is 1. The maximum atomic E-state index is 13.8. The minimum absolute atomic E-state index is 0.136. The minimum Gasteiger partial charge on any atom is -0.343 e. The van der Waals surface area contributed by atoms with E-state index in [1.165, 1.54) is 5.06 Å². The molecule has 3 aromatic rings. The van der Waals surface area contributed by atoms with Crippen molar-refractivity contribution in [3.05, 3.63) is 108 Å². The third kappa shape index (κ3) is 4.88. The number of benzene rings is 3. The van der Waals surface area contributed by atoms with Gasteiger partial charge in [0.2, 0.25) is 5.91 Å². The van der Waals surface area contributed by atoms with Crippen LogP contribution in [0.1, 0.15) is 41.6 Å². The van der Waals surface area contributed by atoms with E-state index >= 15 is 0 Å². The summed E-state index contributed by atoms with van der Waals surface area (Å²) in [5.41, 5.74) is 8.58. The van der Waals surface area contributed by atoms with Gasteiger partial charge in [0, 0.05) is 18.4 Å². The van der Waals surface area contributed by atoms with Gasteiger partial charge in [0.15, 0.2) is 5.78 Å². The molecule has 33 heavy (non-hydrogen) atoms. The van der Waals surface area contributed by atoms with E-state index in [9.17, 15) is 14.8 Å². The first-order valence-electron chi connectivity index (χ1n) is 11.2. The molecule has 5 atom stereocenters. The molecule has 0 saturated carbocycles. The topological polar surface area (TPSA) is 95.7 Å². The Morgan fingerprint density at radius 1 is 0.939 bits per heavy atom. The van der Waals surface area contributed by atoms with Crippen LogP contribution in [0, 0.1) is 5.92 Å². The second kappa shape index (κ2) is 10.1. The Morgan fingerprint density at radius 2 is 1.45 bits per heavy atom. The van der Waals surface area contributed by atoms with Crippen molar-refractivity contribution >= 4 is 11.7 Å². The van der Waals surface area contributed by atoms with Crippen molar-refractivity contribution in [1.82, 2.24) is 10.4 Å². The number of hydroxylamine groups is 2. The molecule has 1 aliphatic heterocycles. The zero-order valence-corrected chi connectivity index (χ0v) is 18.5. The summed E-state index contributed by atoms with van der Waals surface area (Å²) in [7, 11) is 0. The minimum atomic E-state index is -0.955. The quantitative estimate of drug-likeness (QED) is 0.560. The van der Waals surface area contributed by atoms with Crippen LogP contribution in [-0.4, -0.2) is 34.5 Å². The molecular formula is C27H29N3O3. The van der Waals surface area contributed by atoms with Crippen LogP contribution >= 0.6 is 0 Å². The maximum absolute atomic E-state index is 13.8. The highest BCUT2D eigenvalue weighted by atomic mass is 16.5. The second-order valence-electron chi connectivity index (χ2n) is 8.56. The number of rotatable bonds is 5. The van der Waals surface area contributed by atoms with Crippen molar-refractivity contribution < 1.29 is 14.8 Å². The Balaban J connectivity index is 1.69. The lowest BCUT2D eigenvalue weighted by Gasteiger charge is -2.31. The number of hydrogen-bond donors (Lipinski definition) is 3. The number of carbonyl (C=O) groups is 2. The van der Waals surface area contributed by atoms with E-state index in [-0.39, 0.29) is 18.2 Å². The molecule has 1 amide bonds. The Bertz CT molecular complexity index is 1080. The normalized spacial score (nSPS) is 24.6. The summed E-state index contributed by atoms with van der Waals surface area (Å²) in [6.07, 6.45) is 0. The fourth-order valence-corrected chi connectivity index (χ4v) is 4.60. The van der Waals surface area contributed by atoms with Gasteiger partial charge in [-0.3, -0.25) is 9.59 Å². The van der Waals surface area contributed by atoms with Gasteiger partial charge in [-0.15, -0.1) is 0 Å². The third-order valence-electron chi connectivity index (χ3n) is 6.49. The largest absolute Gasteiger partial charge is 0.343 e. The van der Waals surface area contributed by atoms with Crippen LogP contribution in [0.5, 0.6) is 0 Å². The molecule has 4 rings (SSSR count). The summed E-state index contributed by atoms with van der Waals surface area (Å²) in [6, 6.07) is 25.4. The molecule has 1 saturated heterocycles. The van der Waals surface area contributed by atoms with Crippen molar-refractivity contribution in [3.63, 3.8) is 0 Å². The van der Waals surface area contributed by atoms with Gasteiger partial charge in [-0.2, -0.15) is 5.06 Å². The first-order chi connectivity index (χ1) is 16.0. The van der Waals surface area contributed by atoms with Gasteiger partial charge in [0.05, 0.1) is 6.04 Å². The van der Waals surface area contributed by atoms with E-state index in [0.717, 1.165) is 11.1 Å². The van der Waals surface area contributed by atoms with Crippen LogP contribution in [0.25, 0.3) is 0 Å². The summed E-state index contributed by atoms with van der Waals surface area (Å²) in [5, 5.41) is 15.3. The molecule has 0 radical (unpaired) electrons. The van der Waals surface area contributed by atoms with E-state index in [0.29, 0.717) is 5.56 Å². The lowest BCUT2D eigenvalue weighted by Crippen LogP contribution is -2.51. The van der Waals surface area contributed by atoms with Crippen LogP contribution in [0.15, 0.2) is 91.0 Å². The summed E-state index contributed by atoms with van der Waals surface area (Å²) in [5.74, 6) is -1.24. The van der Waals surface area contributed by atoms with Gasteiger partial charge >= 0.3 is 0 Å². The second-order valence-corrected chi connectivity index (χ2v) is 8.56. The molecular weight excluding hydrogens is 414 g/mol. The first kappa shape index (κ1) is 22.9. The van der Waals surface area contributed by atoms with Crippen molar-refractivity contribution in [3.8, 4) is 0 Å². The standard InChI is InChI=1S/C27H29N3O3/c1-18-22(19-11-5-2-6-12-19)17-30(33)25(21-15-9-4-10-16-21)24(26(18)31)29-27(32)23(28)20-13-7-3-8-14-20/h2-16,18,22-25,33H,17,28H2,1H3,(H,29,32)/t18-,22+,23-,24-,25+/m0/s1. The number of hydrogen-bond acceptors (Lipinski definition) is 5. The summed E-state index contributed by atoms with van der Waals surface area (Å²) in [4.78, 5) is 26.9. The van der Waals surface area contributed by atoms with Crippen LogP contribution in [-0.2, 0) is 9.59 Å². The van der Waals surface area contributed by atoms with Crippen LogP contribution < -0.4 is 11.1 Å². The van der Waals surface area contributed by atoms with E-state index in [2.05, 4.69) is 5.32 Å². The number of nitrogens with one attached hydrogen (secondary N) is 1. The number of nitrogens with zero attached hydrogens (tertiary/aromatic N) is 1. The predicted molar refractivity (Wildman–Crippen MR) is 126 cm³/mol. The molecule has 1 fully saturated rings. The monoisotopic (exact) mass is 443 g/mol. The molecule has 6 heteroatoms. The smallest absolute Gasteiger partial charge is 0.242 e. The molecule has 0 unspecified atom stereocenters. The molecule has 0 spiro atoms. The van der Waals surface area contributed by atoms with Gasteiger partial charge in [0.25, 0.3) is 0 Å². The van der Waals surface area contributed by atoms with Crippen LogP contribution in [0.2, 0.25) is 0 Å². The lowest BCUT2D eigenvalue weighted by molar-refractivity contribution is -0.146. The van der Waals surface area contributed by atoms with Gasteiger partial charge in [0.1, 0.15) is 12.1 Å². The summed E-state index contributed by atoms with van der Waals surface area (Å²) < 4.78 is 0. The van der Waals surface area contributed by atoms with E-state index in [4.69, 9.17) is 5.73 Å². The molecule has 170 valence electrons. The Hall–Kier alpha value is -3.32. The highest BCUT2D eigenvalue weighted by Gasteiger charge is 2.44. The molecule has 0 aliphatic carbocycles. The third-order valence-corrected chi connectivity index (χ3v) is 6.49. The van der Waals surface area contributed by atoms with Gasteiger partial charge in [-0.1, -0.05) is 97.9 Å². The number of ketones is 1. The summed E-state index contributed by atoms with van der Waals surface area (Å²) >= 11 is 0. The van der Waals surface area contributed by atoms with E-state index < -0.39 is 30.0 Å². The van der Waals surface area contributed by atoms with Crippen LogP contribution in [0.3, 0.4) is 0 Å². The van der Waals surface area contributed by atoms with Crippen molar-refractivity contribution in [2.75, 3.05) is 6.54 Å². The molecule has 1 heterocycles. The molecule has 6 nitrogen and oxygen atoms in total. The Kier molecular flexibility index (Phi) is 6.99. The number of carbonyl (C=O) groups excluding carboxylic acids is 2. The fourth-order valence-electron chi connectivity index (χ4n) is 4.60.